The highest BCUT2D eigenvalue weighted by Gasteiger charge is 2.37. The van der Waals surface area contributed by atoms with Gasteiger partial charge in [0, 0.05) is 58.0 Å². The van der Waals surface area contributed by atoms with Gasteiger partial charge in [0.15, 0.2) is 0 Å². The van der Waals surface area contributed by atoms with Crippen molar-refractivity contribution in [3.05, 3.63) is 22.6 Å². The van der Waals surface area contributed by atoms with Crippen molar-refractivity contribution >= 4 is 33.3 Å². The number of amides is 1. The summed E-state index contributed by atoms with van der Waals surface area (Å²) >= 11 is 0.841. The van der Waals surface area contributed by atoms with Crippen molar-refractivity contribution in [2.24, 2.45) is 5.92 Å². The van der Waals surface area contributed by atoms with Crippen molar-refractivity contribution in [3.8, 4) is 0 Å². The molecule has 4 heterocycles. The minimum Gasteiger partial charge on any atom is -0.392 e. The molecule has 188 valence electrons. The number of aliphatic hydroxyl groups is 1. The lowest BCUT2D eigenvalue weighted by molar-refractivity contribution is -0.136. The van der Waals surface area contributed by atoms with E-state index in [9.17, 15) is 31.9 Å². The highest BCUT2D eigenvalue weighted by molar-refractivity contribution is 7.17. The average Bonchev–Trinajstić information content (AvgIpc) is 3.22. The Kier molecular flexibility index (Phi) is 7.03. The Morgan fingerprint density at radius 3 is 2.50 bits per heavy atom. The van der Waals surface area contributed by atoms with Crippen LogP contribution in [-0.2, 0) is 6.18 Å². The van der Waals surface area contributed by atoms with Gasteiger partial charge in [-0.3, -0.25) is 4.79 Å². The maximum Gasteiger partial charge on any atom is 0.417 e. The molecule has 2 fully saturated rings. The molecule has 12 heteroatoms. The summed E-state index contributed by atoms with van der Waals surface area (Å²) in [6.07, 6.45) is -4.63. The van der Waals surface area contributed by atoms with Crippen LogP contribution in [0.3, 0.4) is 0 Å². The molecule has 0 saturated carbocycles. The van der Waals surface area contributed by atoms with Gasteiger partial charge in [-0.1, -0.05) is 0 Å². The molecule has 2 aromatic heterocycles. The first-order valence-electron chi connectivity index (χ1n) is 11.2. The smallest absolute Gasteiger partial charge is 0.392 e. The number of hydrogen-bond acceptors (Lipinski definition) is 6. The Hall–Kier alpha value is -2.05. The number of piperidine rings is 2. The zero-order valence-electron chi connectivity index (χ0n) is 18.7. The number of nitrogens with one attached hydrogen (secondary N) is 1. The van der Waals surface area contributed by atoms with Crippen LogP contribution in [0.15, 0.2) is 11.4 Å². The summed E-state index contributed by atoms with van der Waals surface area (Å²) in [7, 11) is 1.41. The molecular weight excluding hydrogens is 479 g/mol. The number of aliphatic hydroxyl groups excluding tert-OH is 1. The fraction of sp³-hybridized carbons (Fsp3) is 0.636. The molecular formula is C22H27F5N4O2S. The predicted molar refractivity (Wildman–Crippen MR) is 120 cm³/mol. The summed E-state index contributed by atoms with van der Waals surface area (Å²) in [4.78, 5) is 20.1. The van der Waals surface area contributed by atoms with Crippen molar-refractivity contribution in [2.75, 3.05) is 44.7 Å². The summed E-state index contributed by atoms with van der Waals surface area (Å²) in [6, 6.07) is 1.02. The number of fused-ring (bicyclic) bond motifs is 1. The van der Waals surface area contributed by atoms with E-state index in [-0.39, 0.29) is 53.4 Å². The van der Waals surface area contributed by atoms with Crippen molar-refractivity contribution in [2.45, 2.75) is 43.9 Å². The molecule has 2 saturated heterocycles. The first-order chi connectivity index (χ1) is 16.0. The fourth-order valence-corrected chi connectivity index (χ4v) is 5.68. The van der Waals surface area contributed by atoms with Gasteiger partial charge in [-0.2, -0.15) is 13.2 Å². The summed E-state index contributed by atoms with van der Waals surface area (Å²) in [6.45, 7) is 1.58. The Morgan fingerprint density at radius 1 is 1.26 bits per heavy atom. The van der Waals surface area contributed by atoms with Gasteiger partial charge in [0.05, 0.1) is 27.4 Å². The number of nitrogens with zero attached hydrogens (tertiary/aromatic N) is 3. The Balaban J connectivity index is 1.47. The van der Waals surface area contributed by atoms with Crippen LogP contribution < -0.4 is 10.2 Å². The van der Waals surface area contributed by atoms with Gasteiger partial charge >= 0.3 is 6.18 Å². The largest absolute Gasteiger partial charge is 0.417 e. The molecule has 0 spiro atoms. The fourth-order valence-electron chi connectivity index (χ4n) is 4.65. The minimum atomic E-state index is -4.60. The first kappa shape index (κ1) is 25.1. The number of β-amino-alcohol motifs (C(OH)–C–C–N with tert-alkyl or cyclic N) is 1. The van der Waals surface area contributed by atoms with Gasteiger partial charge in [-0.25, -0.2) is 13.8 Å². The van der Waals surface area contributed by atoms with Crippen LogP contribution in [0.25, 0.3) is 10.2 Å². The van der Waals surface area contributed by atoms with E-state index in [0.717, 1.165) is 17.4 Å². The average molecular weight is 507 g/mol. The zero-order chi connectivity index (χ0) is 24.7. The van der Waals surface area contributed by atoms with Gasteiger partial charge in [0.25, 0.3) is 11.8 Å². The van der Waals surface area contributed by atoms with Crippen LogP contribution >= 0.6 is 11.3 Å². The quantitative estimate of drug-likeness (QED) is 0.601. The number of alkyl halides is 5. The van der Waals surface area contributed by atoms with Crippen LogP contribution in [0.4, 0.5) is 27.8 Å². The number of anilines is 1. The first-order valence-corrected chi connectivity index (χ1v) is 12.1. The number of pyridine rings is 1. The molecule has 2 aromatic rings. The SMILES string of the molecule is CNC(=O)c1csc2c(C(F)(F)F)cc(N3CCC(C(O)CN4CCC(F)(F)CC4)CC3)nc12. The number of halogens is 5. The lowest BCUT2D eigenvalue weighted by Crippen LogP contribution is -2.46. The molecule has 4 rings (SSSR count). The molecule has 2 aliphatic rings. The second kappa shape index (κ2) is 9.54. The lowest BCUT2D eigenvalue weighted by Gasteiger charge is -2.38. The van der Waals surface area contributed by atoms with E-state index in [1.165, 1.54) is 12.4 Å². The monoisotopic (exact) mass is 506 g/mol. The van der Waals surface area contributed by atoms with Gasteiger partial charge in [-0.15, -0.1) is 11.3 Å². The zero-order valence-corrected chi connectivity index (χ0v) is 19.5. The molecule has 2 aliphatic heterocycles. The highest BCUT2D eigenvalue weighted by Crippen LogP contribution is 2.41. The third kappa shape index (κ3) is 5.28. The molecule has 2 N–H and O–H groups in total. The molecule has 0 aromatic carbocycles. The van der Waals surface area contributed by atoms with Gasteiger partial charge in [0.1, 0.15) is 5.82 Å². The van der Waals surface area contributed by atoms with E-state index in [2.05, 4.69) is 10.3 Å². The second-order valence-corrected chi connectivity index (χ2v) is 9.86. The van der Waals surface area contributed by atoms with Crippen LogP contribution in [0.2, 0.25) is 0 Å². The number of thiophene rings is 1. The summed E-state index contributed by atoms with van der Waals surface area (Å²) in [5.41, 5.74) is -0.692. The van der Waals surface area contributed by atoms with Crippen molar-refractivity contribution in [1.82, 2.24) is 15.2 Å². The number of carbonyl (C=O) groups excluding carboxylic acids is 1. The standard InChI is InChI=1S/C22H27F5N4O2S/c1-28-20(33)14-12-34-19-15(22(25,26)27)10-17(29-18(14)19)31-6-2-13(3-7-31)16(32)11-30-8-4-21(23,24)5-9-30/h10,12-13,16,32H,2-9,11H2,1H3,(H,28,33). The Bertz CT molecular complexity index is 1030. The summed E-state index contributed by atoms with van der Waals surface area (Å²) < 4.78 is 67.9. The van der Waals surface area contributed by atoms with Crippen molar-refractivity contribution in [1.29, 1.82) is 0 Å². The van der Waals surface area contributed by atoms with Crippen LogP contribution in [0.1, 0.15) is 41.6 Å². The third-order valence-electron chi connectivity index (χ3n) is 6.73. The summed E-state index contributed by atoms with van der Waals surface area (Å²) in [5.74, 6) is -3.07. The van der Waals surface area contributed by atoms with E-state index in [1.54, 1.807) is 4.90 Å². The number of rotatable bonds is 5. The molecule has 1 unspecified atom stereocenters. The van der Waals surface area contributed by atoms with Crippen LogP contribution in [0.5, 0.6) is 0 Å². The maximum absolute atomic E-state index is 13.8. The predicted octanol–water partition coefficient (Wildman–Crippen LogP) is 3.98. The molecule has 34 heavy (non-hydrogen) atoms. The number of aromatic nitrogens is 1. The van der Waals surface area contributed by atoms with Crippen molar-refractivity contribution in [3.63, 3.8) is 0 Å². The number of likely N-dealkylation sites (tertiary alicyclic amines) is 1. The number of carbonyl (C=O) groups is 1. The van der Waals surface area contributed by atoms with Crippen LogP contribution in [-0.4, -0.2) is 72.7 Å². The van der Waals surface area contributed by atoms with Crippen molar-refractivity contribution < 1.29 is 31.9 Å². The minimum absolute atomic E-state index is 0.0261. The molecule has 0 bridgehead atoms. The van der Waals surface area contributed by atoms with Gasteiger partial charge in [0.2, 0.25) is 0 Å². The normalized spacial score (nSPS) is 21.1. The molecule has 6 nitrogen and oxygen atoms in total. The van der Waals surface area contributed by atoms with E-state index in [1.807, 2.05) is 4.90 Å². The lowest BCUT2D eigenvalue weighted by atomic mass is 9.90. The Morgan fingerprint density at radius 2 is 1.91 bits per heavy atom. The van der Waals surface area contributed by atoms with E-state index >= 15 is 0 Å². The van der Waals surface area contributed by atoms with E-state index in [0.29, 0.717) is 32.5 Å². The van der Waals surface area contributed by atoms with E-state index < -0.39 is 29.7 Å². The van der Waals surface area contributed by atoms with Gasteiger partial charge < -0.3 is 20.2 Å². The topological polar surface area (TPSA) is 68.7 Å². The molecule has 1 atom stereocenters. The number of hydrogen-bond donors (Lipinski definition) is 2. The highest BCUT2D eigenvalue weighted by atomic mass is 32.1. The second-order valence-electron chi connectivity index (χ2n) is 8.98. The van der Waals surface area contributed by atoms with E-state index in [4.69, 9.17) is 0 Å². The molecule has 1 amide bonds. The molecule has 0 radical (unpaired) electrons. The maximum atomic E-state index is 13.8. The molecule has 0 aliphatic carbocycles. The van der Waals surface area contributed by atoms with Gasteiger partial charge in [-0.05, 0) is 24.8 Å². The third-order valence-corrected chi connectivity index (χ3v) is 7.73. The Labute approximate surface area is 197 Å². The summed E-state index contributed by atoms with van der Waals surface area (Å²) in [5, 5.41) is 14.5. The van der Waals surface area contributed by atoms with Crippen LogP contribution in [0, 0.1) is 5.92 Å².